The first kappa shape index (κ1) is 14.2. The lowest BCUT2D eigenvalue weighted by molar-refractivity contribution is -0.120. The fraction of sp³-hybridized carbons (Fsp3) is 0.286. The molecule has 0 bridgehead atoms. The lowest BCUT2D eigenvalue weighted by atomic mass is 10.1. The van der Waals surface area contributed by atoms with Crippen LogP contribution < -0.4 is 11.1 Å². The molecule has 2 rings (SSSR count). The summed E-state index contributed by atoms with van der Waals surface area (Å²) in [6.07, 6.45) is 3.54. The Labute approximate surface area is 116 Å². The maximum atomic E-state index is 12.9. The number of amides is 1. The van der Waals surface area contributed by atoms with Crippen LogP contribution in [0, 0.1) is 5.82 Å². The van der Waals surface area contributed by atoms with Gasteiger partial charge in [-0.25, -0.2) is 4.39 Å². The summed E-state index contributed by atoms with van der Waals surface area (Å²) in [5.41, 5.74) is 6.06. The van der Waals surface area contributed by atoms with Crippen molar-refractivity contribution in [3.8, 4) is 0 Å². The van der Waals surface area contributed by atoms with Gasteiger partial charge in [0.15, 0.2) is 0 Å². The summed E-state index contributed by atoms with van der Waals surface area (Å²) in [5.74, 6) is -0.842. The highest BCUT2D eigenvalue weighted by Gasteiger charge is 2.20. The van der Waals surface area contributed by atoms with Crippen LogP contribution in [-0.2, 0) is 11.3 Å². The quantitative estimate of drug-likeness (QED) is 0.833. The van der Waals surface area contributed by atoms with Crippen LogP contribution in [0.1, 0.15) is 18.5 Å². The Morgan fingerprint density at radius 3 is 2.70 bits per heavy atom. The summed E-state index contributed by atoms with van der Waals surface area (Å²) in [6, 6.07) is 6.89. The highest BCUT2D eigenvalue weighted by atomic mass is 19.1. The largest absolute Gasteiger partial charge is 0.368 e. The van der Waals surface area contributed by atoms with E-state index in [1.165, 1.54) is 12.1 Å². The molecule has 0 aliphatic rings. The molecule has 0 saturated heterocycles. The molecule has 2 atom stereocenters. The van der Waals surface area contributed by atoms with E-state index >= 15 is 0 Å². The Bertz CT molecular complexity index is 553. The molecule has 3 N–H and O–H groups in total. The SMILES string of the molecule is CC(Cn1cccn1)NC(C(N)=O)c1ccc(F)cc1. The van der Waals surface area contributed by atoms with Crippen LogP contribution in [0.15, 0.2) is 42.7 Å². The summed E-state index contributed by atoms with van der Waals surface area (Å²) in [4.78, 5) is 11.6. The van der Waals surface area contributed by atoms with Gasteiger partial charge in [-0.3, -0.25) is 14.8 Å². The van der Waals surface area contributed by atoms with Crippen molar-refractivity contribution in [3.63, 3.8) is 0 Å². The number of halogens is 1. The lowest BCUT2D eigenvalue weighted by Crippen LogP contribution is -2.40. The second-order valence-electron chi connectivity index (χ2n) is 4.68. The highest BCUT2D eigenvalue weighted by Crippen LogP contribution is 2.14. The zero-order valence-corrected chi connectivity index (χ0v) is 11.2. The van der Waals surface area contributed by atoms with E-state index in [-0.39, 0.29) is 11.9 Å². The summed E-state index contributed by atoms with van der Waals surface area (Å²) < 4.78 is 14.7. The van der Waals surface area contributed by atoms with Gasteiger partial charge in [-0.2, -0.15) is 5.10 Å². The van der Waals surface area contributed by atoms with Crippen molar-refractivity contribution in [2.75, 3.05) is 0 Å². The zero-order chi connectivity index (χ0) is 14.5. The maximum Gasteiger partial charge on any atom is 0.239 e. The summed E-state index contributed by atoms with van der Waals surface area (Å²) in [6.45, 7) is 2.54. The fourth-order valence-corrected chi connectivity index (χ4v) is 2.02. The first-order valence-corrected chi connectivity index (χ1v) is 6.34. The minimum atomic E-state index is -0.652. The summed E-state index contributed by atoms with van der Waals surface area (Å²) in [5, 5.41) is 7.24. The van der Waals surface area contributed by atoms with Crippen molar-refractivity contribution in [1.29, 1.82) is 0 Å². The van der Waals surface area contributed by atoms with Gasteiger partial charge in [-0.05, 0) is 30.7 Å². The number of carbonyl (C=O) groups excluding carboxylic acids is 1. The Balaban J connectivity index is 2.05. The van der Waals surface area contributed by atoms with Crippen LogP contribution in [0.5, 0.6) is 0 Å². The number of aromatic nitrogens is 2. The summed E-state index contributed by atoms with van der Waals surface area (Å²) in [7, 11) is 0. The molecule has 0 saturated carbocycles. The van der Waals surface area contributed by atoms with E-state index in [1.54, 1.807) is 23.0 Å². The minimum Gasteiger partial charge on any atom is -0.368 e. The van der Waals surface area contributed by atoms with Crippen molar-refractivity contribution < 1.29 is 9.18 Å². The molecular weight excluding hydrogens is 259 g/mol. The average Bonchev–Trinajstić information content (AvgIpc) is 2.90. The van der Waals surface area contributed by atoms with Crippen LogP contribution in [0.2, 0.25) is 0 Å². The topological polar surface area (TPSA) is 72.9 Å². The molecule has 0 spiro atoms. The van der Waals surface area contributed by atoms with E-state index in [0.717, 1.165) is 0 Å². The average molecular weight is 276 g/mol. The number of primary amides is 1. The number of nitrogens with zero attached hydrogens (tertiary/aromatic N) is 2. The monoisotopic (exact) mass is 276 g/mol. The van der Waals surface area contributed by atoms with Gasteiger partial charge >= 0.3 is 0 Å². The molecule has 0 radical (unpaired) electrons. The van der Waals surface area contributed by atoms with Crippen LogP contribution in [0.25, 0.3) is 0 Å². The Kier molecular flexibility index (Phi) is 4.47. The van der Waals surface area contributed by atoms with E-state index in [9.17, 15) is 9.18 Å². The number of hydrogen-bond donors (Lipinski definition) is 2. The Morgan fingerprint density at radius 2 is 2.15 bits per heavy atom. The number of nitrogens with one attached hydrogen (secondary N) is 1. The van der Waals surface area contributed by atoms with Crippen molar-refractivity contribution in [2.24, 2.45) is 5.73 Å². The zero-order valence-electron chi connectivity index (χ0n) is 11.2. The molecule has 20 heavy (non-hydrogen) atoms. The number of benzene rings is 1. The van der Waals surface area contributed by atoms with Gasteiger partial charge in [0.25, 0.3) is 0 Å². The van der Waals surface area contributed by atoms with Crippen molar-refractivity contribution >= 4 is 5.91 Å². The Morgan fingerprint density at radius 1 is 1.45 bits per heavy atom. The molecular formula is C14H17FN4O. The minimum absolute atomic E-state index is 0.0162. The molecule has 5 nitrogen and oxygen atoms in total. The van der Waals surface area contributed by atoms with Gasteiger partial charge in [-0.15, -0.1) is 0 Å². The van der Waals surface area contributed by atoms with Crippen molar-refractivity contribution in [2.45, 2.75) is 25.6 Å². The molecule has 1 aromatic heterocycles. The molecule has 0 fully saturated rings. The predicted molar refractivity (Wildman–Crippen MR) is 73.2 cm³/mol. The smallest absolute Gasteiger partial charge is 0.239 e. The van der Waals surface area contributed by atoms with Crippen molar-refractivity contribution in [1.82, 2.24) is 15.1 Å². The van der Waals surface area contributed by atoms with Crippen LogP contribution in [0.4, 0.5) is 4.39 Å². The molecule has 0 aliphatic heterocycles. The lowest BCUT2D eigenvalue weighted by Gasteiger charge is -2.21. The third kappa shape index (κ3) is 3.64. The van der Waals surface area contributed by atoms with Gasteiger partial charge < -0.3 is 5.73 Å². The standard InChI is InChI=1S/C14H17FN4O/c1-10(9-19-8-2-7-17-19)18-13(14(16)20)11-3-5-12(15)6-4-11/h2-8,10,13,18H,9H2,1H3,(H2,16,20). The van der Waals surface area contributed by atoms with Crippen molar-refractivity contribution in [3.05, 3.63) is 54.1 Å². The molecule has 0 aliphatic carbocycles. The van der Waals surface area contributed by atoms with Gasteiger partial charge in [0.2, 0.25) is 5.91 Å². The Hall–Kier alpha value is -2.21. The number of carbonyl (C=O) groups is 1. The molecule has 6 heteroatoms. The first-order chi connectivity index (χ1) is 9.56. The highest BCUT2D eigenvalue weighted by molar-refractivity contribution is 5.81. The second kappa shape index (κ2) is 6.29. The van der Waals surface area contributed by atoms with Gasteiger partial charge in [0.05, 0.1) is 6.54 Å². The van der Waals surface area contributed by atoms with Crippen LogP contribution >= 0.6 is 0 Å². The molecule has 2 aromatic rings. The maximum absolute atomic E-state index is 12.9. The van der Waals surface area contributed by atoms with Gasteiger partial charge in [0, 0.05) is 18.4 Å². The molecule has 1 aromatic carbocycles. The summed E-state index contributed by atoms with van der Waals surface area (Å²) >= 11 is 0. The van der Waals surface area contributed by atoms with Crippen LogP contribution in [0.3, 0.4) is 0 Å². The van der Waals surface area contributed by atoms with Crippen LogP contribution in [-0.4, -0.2) is 21.7 Å². The number of nitrogens with two attached hydrogens (primary N) is 1. The molecule has 1 amide bonds. The normalized spacial score (nSPS) is 13.9. The molecule has 106 valence electrons. The second-order valence-corrected chi connectivity index (χ2v) is 4.68. The molecule has 1 heterocycles. The van der Waals surface area contributed by atoms with E-state index in [4.69, 9.17) is 5.73 Å². The third-order valence-corrected chi connectivity index (χ3v) is 2.96. The number of rotatable bonds is 6. The van der Waals surface area contributed by atoms with Gasteiger partial charge in [0.1, 0.15) is 11.9 Å². The predicted octanol–water partition coefficient (Wildman–Crippen LogP) is 1.23. The van der Waals surface area contributed by atoms with E-state index in [2.05, 4.69) is 10.4 Å². The van der Waals surface area contributed by atoms with E-state index in [1.807, 2.05) is 19.2 Å². The third-order valence-electron chi connectivity index (χ3n) is 2.96. The fourth-order valence-electron chi connectivity index (χ4n) is 2.02. The first-order valence-electron chi connectivity index (χ1n) is 6.34. The van der Waals surface area contributed by atoms with E-state index < -0.39 is 11.9 Å². The van der Waals surface area contributed by atoms with Gasteiger partial charge in [-0.1, -0.05) is 12.1 Å². The number of hydrogen-bond acceptors (Lipinski definition) is 3. The van der Waals surface area contributed by atoms with E-state index in [0.29, 0.717) is 12.1 Å². The molecule has 2 unspecified atom stereocenters.